The molecule has 1 heterocycles. The number of hydrogen-bond acceptors (Lipinski definition) is 4. The molecule has 0 aliphatic rings. The smallest absolute Gasteiger partial charge is 0.354 e. The minimum atomic E-state index is -0.588. The number of pyridine rings is 1. The van der Waals surface area contributed by atoms with Crippen LogP contribution >= 0.6 is 0 Å². The number of aromatic nitrogens is 1. The number of carbonyl (C=O) groups excluding carboxylic acids is 1. The molecule has 0 aliphatic heterocycles. The van der Waals surface area contributed by atoms with E-state index < -0.39 is 5.97 Å². The Morgan fingerprint density at radius 1 is 1.24 bits per heavy atom. The molecule has 0 unspecified atom stereocenters. The molecule has 0 spiro atoms. The predicted molar refractivity (Wildman–Crippen MR) is 62.5 cm³/mol. The van der Waals surface area contributed by atoms with E-state index in [2.05, 4.69) is 9.72 Å². The Morgan fingerprint density at radius 2 is 2.00 bits per heavy atom. The number of esters is 1. The van der Waals surface area contributed by atoms with Gasteiger partial charge in [-0.15, -0.1) is 0 Å². The zero-order valence-corrected chi connectivity index (χ0v) is 9.44. The molecule has 1 aromatic heterocycles. The summed E-state index contributed by atoms with van der Waals surface area (Å²) in [6.07, 6.45) is 0. The third-order valence-corrected chi connectivity index (χ3v) is 2.47. The number of H-pyrrole nitrogens is 1. The van der Waals surface area contributed by atoms with Gasteiger partial charge in [-0.2, -0.15) is 0 Å². The molecule has 17 heavy (non-hydrogen) atoms. The number of methoxy groups -OCH3 is 2. The van der Waals surface area contributed by atoms with Crippen LogP contribution in [0.2, 0.25) is 0 Å². The number of rotatable bonds is 2. The van der Waals surface area contributed by atoms with Crippen LogP contribution in [0.5, 0.6) is 5.75 Å². The third kappa shape index (κ3) is 1.87. The van der Waals surface area contributed by atoms with Gasteiger partial charge < -0.3 is 14.5 Å². The fourth-order valence-electron chi connectivity index (χ4n) is 1.66. The average Bonchev–Trinajstić information content (AvgIpc) is 2.37. The number of benzene rings is 1. The summed E-state index contributed by atoms with van der Waals surface area (Å²) in [5, 5.41) is 1.05. The van der Waals surface area contributed by atoms with Gasteiger partial charge in [0.25, 0.3) is 5.56 Å². The summed E-state index contributed by atoms with van der Waals surface area (Å²) in [7, 11) is 2.76. The predicted octanol–water partition coefficient (Wildman–Crippen LogP) is 1.32. The average molecular weight is 233 g/mol. The Labute approximate surface area is 97.0 Å². The highest BCUT2D eigenvalue weighted by Gasteiger charge is 2.11. The van der Waals surface area contributed by atoms with E-state index in [4.69, 9.17) is 4.74 Å². The molecule has 0 fully saturated rings. The van der Waals surface area contributed by atoms with Crippen LogP contribution < -0.4 is 10.3 Å². The standard InChI is InChI=1S/C12H11NO4/c1-16-10-5-3-4-7-8(10)6-9(12(15)17-2)13-11(7)14/h3-6H,1-2H3,(H,13,14). The number of nitrogens with one attached hydrogen (secondary N) is 1. The van der Waals surface area contributed by atoms with E-state index in [1.165, 1.54) is 14.2 Å². The number of ether oxygens (including phenoxy) is 2. The fourth-order valence-corrected chi connectivity index (χ4v) is 1.66. The lowest BCUT2D eigenvalue weighted by atomic mass is 10.1. The highest BCUT2D eigenvalue weighted by Crippen LogP contribution is 2.23. The van der Waals surface area contributed by atoms with Crippen molar-refractivity contribution in [2.45, 2.75) is 0 Å². The molecule has 0 aliphatic carbocycles. The van der Waals surface area contributed by atoms with Crippen molar-refractivity contribution in [3.63, 3.8) is 0 Å². The summed E-state index contributed by atoms with van der Waals surface area (Å²) in [4.78, 5) is 25.6. The lowest BCUT2D eigenvalue weighted by Gasteiger charge is -2.06. The Hall–Kier alpha value is -2.30. The zero-order chi connectivity index (χ0) is 12.4. The van der Waals surface area contributed by atoms with Crippen molar-refractivity contribution in [3.05, 3.63) is 40.3 Å². The zero-order valence-electron chi connectivity index (χ0n) is 9.44. The van der Waals surface area contributed by atoms with E-state index in [1.807, 2.05) is 0 Å². The maximum atomic E-state index is 11.8. The molecular formula is C12H11NO4. The summed E-state index contributed by atoms with van der Waals surface area (Å²) in [6, 6.07) is 6.65. The summed E-state index contributed by atoms with van der Waals surface area (Å²) >= 11 is 0. The van der Waals surface area contributed by atoms with Crippen molar-refractivity contribution in [1.29, 1.82) is 0 Å². The lowest BCUT2D eigenvalue weighted by Crippen LogP contribution is -2.14. The van der Waals surface area contributed by atoms with E-state index >= 15 is 0 Å². The van der Waals surface area contributed by atoms with E-state index in [1.54, 1.807) is 24.3 Å². The van der Waals surface area contributed by atoms with E-state index in [0.717, 1.165) is 0 Å². The van der Waals surface area contributed by atoms with Crippen LogP contribution in [-0.4, -0.2) is 25.2 Å². The molecule has 0 bridgehead atoms. The van der Waals surface area contributed by atoms with Crippen molar-refractivity contribution in [2.24, 2.45) is 0 Å². The van der Waals surface area contributed by atoms with Gasteiger partial charge in [0.2, 0.25) is 0 Å². The van der Waals surface area contributed by atoms with Gasteiger partial charge in [-0.05, 0) is 18.2 Å². The Balaban J connectivity index is 2.79. The molecule has 0 atom stereocenters. The Morgan fingerprint density at radius 3 is 2.65 bits per heavy atom. The van der Waals surface area contributed by atoms with Gasteiger partial charge in [0.15, 0.2) is 0 Å². The number of carbonyl (C=O) groups is 1. The van der Waals surface area contributed by atoms with Crippen LogP contribution in [0.3, 0.4) is 0 Å². The van der Waals surface area contributed by atoms with Crippen molar-refractivity contribution in [1.82, 2.24) is 4.98 Å². The molecule has 2 rings (SSSR count). The van der Waals surface area contributed by atoms with Crippen molar-refractivity contribution < 1.29 is 14.3 Å². The molecule has 0 saturated carbocycles. The maximum absolute atomic E-state index is 11.8. The third-order valence-electron chi connectivity index (χ3n) is 2.47. The van der Waals surface area contributed by atoms with Gasteiger partial charge in [0, 0.05) is 5.39 Å². The van der Waals surface area contributed by atoms with Crippen LogP contribution in [0, 0.1) is 0 Å². The van der Waals surface area contributed by atoms with Crippen molar-refractivity contribution in [3.8, 4) is 5.75 Å². The second kappa shape index (κ2) is 4.29. The molecule has 0 amide bonds. The lowest BCUT2D eigenvalue weighted by molar-refractivity contribution is 0.0594. The fraction of sp³-hybridized carbons (Fsp3) is 0.167. The molecule has 5 heteroatoms. The van der Waals surface area contributed by atoms with Crippen molar-refractivity contribution in [2.75, 3.05) is 14.2 Å². The van der Waals surface area contributed by atoms with Gasteiger partial charge in [-0.3, -0.25) is 4.79 Å². The molecule has 88 valence electrons. The SMILES string of the molecule is COC(=O)c1cc2c(OC)cccc2c(=O)[nH]1. The topological polar surface area (TPSA) is 68.4 Å². The molecule has 1 aromatic carbocycles. The van der Waals surface area contributed by atoms with Crippen LogP contribution in [0.4, 0.5) is 0 Å². The first-order chi connectivity index (χ1) is 8.17. The second-order valence-corrected chi connectivity index (χ2v) is 3.43. The first-order valence-electron chi connectivity index (χ1n) is 4.95. The Bertz CT molecular complexity index is 630. The molecule has 5 nitrogen and oxygen atoms in total. The van der Waals surface area contributed by atoms with Gasteiger partial charge in [-0.1, -0.05) is 6.07 Å². The summed E-state index contributed by atoms with van der Waals surface area (Å²) in [6.45, 7) is 0. The second-order valence-electron chi connectivity index (χ2n) is 3.43. The van der Waals surface area contributed by atoms with Crippen LogP contribution in [-0.2, 0) is 4.74 Å². The highest BCUT2D eigenvalue weighted by atomic mass is 16.5. The summed E-state index contributed by atoms with van der Waals surface area (Å²) in [5.74, 6) is -0.0475. The van der Waals surface area contributed by atoms with Gasteiger partial charge in [0.05, 0.1) is 19.6 Å². The molecule has 2 aromatic rings. The first kappa shape index (κ1) is 11.2. The quantitative estimate of drug-likeness (QED) is 0.794. The number of aromatic amines is 1. The Kier molecular flexibility index (Phi) is 2.82. The minimum Gasteiger partial charge on any atom is -0.496 e. The normalized spacial score (nSPS) is 10.2. The maximum Gasteiger partial charge on any atom is 0.354 e. The van der Waals surface area contributed by atoms with Crippen LogP contribution in [0.1, 0.15) is 10.5 Å². The van der Waals surface area contributed by atoms with E-state index in [9.17, 15) is 9.59 Å². The minimum absolute atomic E-state index is 0.106. The van der Waals surface area contributed by atoms with Crippen LogP contribution in [0.25, 0.3) is 10.8 Å². The van der Waals surface area contributed by atoms with E-state index in [-0.39, 0.29) is 11.3 Å². The van der Waals surface area contributed by atoms with Gasteiger partial charge in [0.1, 0.15) is 11.4 Å². The number of fused-ring (bicyclic) bond motifs is 1. The summed E-state index contributed by atoms with van der Waals surface area (Å²) in [5.41, 5.74) is -0.240. The first-order valence-corrected chi connectivity index (χ1v) is 4.95. The van der Waals surface area contributed by atoms with Crippen molar-refractivity contribution >= 4 is 16.7 Å². The van der Waals surface area contributed by atoms with Gasteiger partial charge >= 0.3 is 5.97 Å². The molecule has 1 N–H and O–H groups in total. The van der Waals surface area contributed by atoms with E-state index in [0.29, 0.717) is 16.5 Å². The largest absolute Gasteiger partial charge is 0.496 e. The van der Waals surface area contributed by atoms with Crippen LogP contribution in [0.15, 0.2) is 29.1 Å². The summed E-state index contributed by atoms with van der Waals surface area (Å²) < 4.78 is 9.71. The highest BCUT2D eigenvalue weighted by molar-refractivity contribution is 5.95. The molecule has 0 saturated heterocycles. The molecular weight excluding hydrogens is 222 g/mol. The van der Waals surface area contributed by atoms with Gasteiger partial charge in [-0.25, -0.2) is 4.79 Å². The molecule has 0 radical (unpaired) electrons. The number of hydrogen-bond donors (Lipinski definition) is 1. The monoisotopic (exact) mass is 233 g/mol.